The van der Waals surface area contributed by atoms with E-state index in [0.29, 0.717) is 6.54 Å². The predicted octanol–water partition coefficient (Wildman–Crippen LogP) is 2.76. The van der Waals surface area contributed by atoms with Gasteiger partial charge in [0.25, 0.3) is 0 Å². The normalized spacial score (nSPS) is 10.6. The summed E-state index contributed by atoms with van der Waals surface area (Å²) in [4.78, 5) is 0. The topological polar surface area (TPSA) is 32.3 Å². The highest BCUT2D eigenvalue weighted by molar-refractivity contribution is 7.99. The average molecular weight is 243 g/mol. The summed E-state index contributed by atoms with van der Waals surface area (Å²) in [7, 11) is 0. The number of phenols is 1. The van der Waals surface area contributed by atoms with Crippen LogP contribution in [0.1, 0.15) is 18.9 Å². The number of aromatic hydroxyl groups is 1. The molecule has 0 heterocycles. The number of rotatable bonds is 7. The Labute approximate surface area is 100 Å². The lowest BCUT2D eigenvalue weighted by Gasteiger charge is -2.05. The first kappa shape index (κ1) is 13.3. The minimum atomic E-state index is -0.555. The molecule has 0 fully saturated rings. The lowest BCUT2D eigenvalue weighted by atomic mass is 10.2. The highest BCUT2D eigenvalue weighted by atomic mass is 32.2. The van der Waals surface area contributed by atoms with Crippen molar-refractivity contribution in [3.05, 3.63) is 29.6 Å². The Morgan fingerprint density at radius 2 is 2.25 bits per heavy atom. The van der Waals surface area contributed by atoms with Crippen LogP contribution in [0.4, 0.5) is 4.39 Å². The quantitative estimate of drug-likeness (QED) is 0.722. The summed E-state index contributed by atoms with van der Waals surface area (Å²) in [5.74, 6) is 1.47. The number of hydrogen-bond donors (Lipinski definition) is 2. The van der Waals surface area contributed by atoms with Crippen molar-refractivity contribution in [3.63, 3.8) is 0 Å². The van der Waals surface area contributed by atoms with Gasteiger partial charge < -0.3 is 10.4 Å². The minimum absolute atomic E-state index is 0.289. The number of benzene rings is 1. The van der Waals surface area contributed by atoms with Gasteiger partial charge in [-0.25, -0.2) is 4.39 Å². The molecule has 0 unspecified atom stereocenters. The Bertz CT molecular complexity index is 320. The fraction of sp³-hybridized carbons (Fsp3) is 0.500. The van der Waals surface area contributed by atoms with Crippen molar-refractivity contribution in [3.8, 4) is 5.75 Å². The molecule has 0 amide bonds. The van der Waals surface area contributed by atoms with E-state index in [1.807, 2.05) is 11.8 Å². The first-order valence-electron chi connectivity index (χ1n) is 5.50. The third-order valence-electron chi connectivity index (χ3n) is 2.19. The largest absolute Gasteiger partial charge is 0.505 e. The van der Waals surface area contributed by atoms with Crippen molar-refractivity contribution in [2.45, 2.75) is 19.9 Å². The molecular weight excluding hydrogens is 225 g/mol. The van der Waals surface area contributed by atoms with E-state index in [2.05, 4.69) is 12.2 Å². The highest BCUT2D eigenvalue weighted by Gasteiger charge is 2.00. The Balaban J connectivity index is 2.19. The molecule has 1 aromatic rings. The third-order valence-corrected chi connectivity index (χ3v) is 3.17. The summed E-state index contributed by atoms with van der Waals surface area (Å²) in [6.45, 7) is 3.74. The van der Waals surface area contributed by atoms with E-state index < -0.39 is 5.82 Å². The summed E-state index contributed by atoms with van der Waals surface area (Å²) < 4.78 is 13.0. The zero-order chi connectivity index (χ0) is 11.8. The first-order valence-corrected chi connectivity index (χ1v) is 6.65. The summed E-state index contributed by atoms with van der Waals surface area (Å²) >= 11 is 1.93. The van der Waals surface area contributed by atoms with Gasteiger partial charge in [0, 0.05) is 6.54 Å². The van der Waals surface area contributed by atoms with Gasteiger partial charge in [-0.3, -0.25) is 0 Å². The van der Waals surface area contributed by atoms with Crippen LogP contribution >= 0.6 is 11.8 Å². The van der Waals surface area contributed by atoms with E-state index in [1.165, 1.54) is 12.1 Å². The molecule has 0 aromatic heterocycles. The van der Waals surface area contributed by atoms with Crippen molar-refractivity contribution in [2.24, 2.45) is 0 Å². The van der Waals surface area contributed by atoms with Crippen LogP contribution in [0, 0.1) is 5.82 Å². The molecule has 0 aliphatic heterocycles. The molecule has 2 N–H and O–H groups in total. The van der Waals surface area contributed by atoms with E-state index in [4.69, 9.17) is 5.11 Å². The van der Waals surface area contributed by atoms with E-state index in [-0.39, 0.29) is 5.75 Å². The second-order valence-electron chi connectivity index (χ2n) is 3.51. The van der Waals surface area contributed by atoms with Crippen LogP contribution in [0.3, 0.4) is 0 Å². The Morgan fingerprint density at radius 1 is 1.44 bits per heavy atom. The Kier molecular flexibility index (Phi) is 6.26. The van der Waals surface area contributed by atoms with Gasteiger partial charge in [-0.2, -0.15) is 11.8 Å². The van der Waals surface area contributed by atoms with Gasteiger partial charge in [0.05, 0.1) is 0 Å². The monoisotopic (exact) mass is 243 g/mol. The summed E-state index contributed by atoms with van der Waals surface area (Å²) in [6.07, 6.45) is 1.12. The number of phenolic OH excluding ortho intramolecular Hbond substituents is 1. The van der Waals surface area contributed by atoms with Crippen LogP contribution in [0.2, 0.25) is 0 Å². The van der Waals surface area contributed by atoms with Crippen LogP contribution < -0.4 is 5.32 Å². The summed E-state index contributed by atoms with van der Waals surface area (Å²) in [5.41, 5.74) is 0.860. The zero-order valence-corrected chi connectivity index (χ0v) is 10.3. The molecule has 2 nitrogen and oxygen atoms in total. The highest BCUT2D eigenvalue weighted by Crippen LogP contribution is 2.15. The maximum absolute atomic E-state index is 13.0. The molecule has 0 aliphatic rings. The number of halogens is 1. The predicted molar refractivity (Wildman–Crippen MR) is 67.4 cm³/mol. The fourth-order valence-corrected chi connectivity index (χ4v) is 1.97. The molecule has 0 aliphatic carbocycles. The number of thioether (sulfide) groups is 1. The van der Waals surface area contributed by atoms with Crippen molar-refractivity contribution < 1.29 is 9.50 Å². The number of nitrogens with one attached hydrogen (secondary N) is 1. The van der Waals surface area contributed by atoms with E-state index in [9.17, 15) is 4.39 Å². The zero-order valence-electron chi connectivity index (χ0n) is 9.50. The lowest BCUT2D eigenvalue weighted by molar-refractivity contribution is 0.431. The second-order valence-corrected chi connectivity index (χ2v) is 4.91. The first-order chi connectivity index (χ1) is 7.74. The van der Waals surface area contributed by atoms with Crippen LogP contribution in [-0.2, 0) is 6.54 Å². The summed E-state index contributed by atoms with van der Waals surface area (Å²) in [6, 6.07) is 4.48. The molecule has 0 atom stereocenters. The molecule has 0 saturated carbocycles. The van der Waals surface area contributed by atoms with Gasteiger partial charge in [-0.1, -0.05) is 13.0 Å². The third kappa shape index (κ3) is 4.86. The van der Waals surface area contributed by atoms with Crippen molar-refractivity contribution in [2.75, 3.05) is 18.1 Å². The molecule has 4 heteroatoms. The van der Waals surface area contributed by atoms with E-state index in [1.54, 1.807) is 6.07 Å². The summed E-state index contributed by atoms with van der Waals surface area (Å²) in [5, 5.41) is 12.3. The molecule has 0 radical (unpaired) electrons. The van der Waals surface area contributed by atoms with Crippen LogP contribution in [0.15, 0.2) is 18.2 Å². The van der Waals surface area contributed by atoms with Crippen molar-refractivity contribution in [1.82, 2.24) is 5.32 Å². The molecule has 1 rings (SSSR count). The maximum atomic E-state index is 13.0. The smallest absolute Gasteiger partial charge is 0.165 e. The molecule has 90 valence electrons. The fourth-order valence-electron chi connectivity index (χ4n) is 1.34. The van der Waals surface area contributed by atoms with Gasteiger partial charge >= 0.3 is 0 Å². The van der Waals surface area contributed by atoms with Gasteiger partial charge in [0.15, 0.2) is 11.6 Å². The van der Waals surface area contributed by atoms with Crippen LogP contribution in [0.5, 0.6) is 5.75 Å². The van der Waals surface area contributed by atoms with Gasteiger partial charge in [-0.05, 0) is 42.2 Å². The average Bonchev–Trinajstić information content (AvgIpc) is 2.28. The molecule has 0 spiro atoms. The molecule has 16 heavy (non-hydrogen) atoms. The van der Waals surface area contributed by atoms with Gasteiger partial charge in [-0.15, -0.1) is 0 Å². The lowest BCUT2D eigenvalue weighted by Crippen LogP contribution is -2.15. The molecular formula is C12H18FNOS. The van der Waals surface area contributed by atoms with Gasteiger partial charge in [0.2, 0.25) is 0 Å². The number of hydrogen-bond acceptors (Lipinski definition) is 3. The van der Waals surface area contributed by atoms with Crippen molar-refractivity contribution in [1.29, 1.82) is 0 Å². The standard InChI is InChI=1S/C12H18FNOS/c1-2-16-7-3-6-14-9-10-4-5-12(15)11(13)8-10/h4-5,8,14-15H,2-3,6-7,9H2,1H3. The van der Waals surface area contributed by atoms with Crippen LogP contribution in [0.25, 0.3) is 0 Å². The van der Waals surface area contributed by atoms with Crippen molar-refractivity contribution >= 4 is 11.8 Å². The van der Waals surface area contributed by atoms with Gasteiger partial charge in [0.1, 0.15) is 0 Å². The van der Waals surface area contributed by atoms with E-state index >= 15 is 0 Å². The van der Waals surface area contributed by atoms with Crippen LogP contribution in [-0.4, -0.2) is 23.2 Å². The Hall–Kier alpha value is -0.740. The SMILES string of the molecule is CCSCCCNCc1ccc(O)c(F)c1. The Morgan fingerprint density at radius 3 is 2.94 bits per heavy atom. The van der Waals surface area contributed by atoms with E-state index in [0.717, 1.165) is 30.0 Å². The molecule has 0 bridgehead atoms. The minimum Gasteiger partial charge on any atom is -0.505 e. The molecule has 0 saturated heterocycles. The second kappa shape index (κ2) is 7.52. The maximum Gasteiger partial charge on any atom is 0.165 e. The molecule has 1 aromatic carbocycles.